The normalized spacial score (nSPS) is 21.4. The molecule has 1 aliphatic heterocycles. The van der Waals surface area contributed by atoms with Gasteiger partial charge in [0.25, 0.3) is 5.91 Å². The molecule has 27 heavy (non-hydrogen) atoms. The summed E-state index contributed by atoms with van der Waals surface area (Å²) in [6, 6.07) is 4.12. The summed E-state index contributed by atoms with van der Waals surface area (Å²) in [7, 11) is 0. The average Bonchev–Trinajstić information content (AvgIpc) is 3.38. The van der Waals surface area contributed by atoms with Crippen molar-refractivity contribution in [2.45, 2.75) is 39.2 Å². The molecule has 1 aliphatic carbocycles. The number of carbonyl (C=O) groups excluding carboxylic acids is 1. The highest BCUT2D eigenvalue weighted by Crippen LogP contribution is 2.32. The molecule has 4 rings (SSSR count). The Balaban J connectivity index is 1.47. The van der Waals surface area contributed by atoms with Crippen molar-refractivity contribution in [3.63, 3.8) is 0 Å². The second kappa shape index (κ2) is 7.76. The molecule has 3 heterocycles. The summed E-state index contributed by atoms with van der Waals surface area (Å²) in [6.07, 6.45) is 8.63. The van der Waals surface area contributed by atoms with Crippen molar-refractivity contribution in [1.82, 2.24) is 29.5 Å². The van der Waals surface area contributed by atoms with Crippen molar-refractivity contribution in [3.8, 4) is 5.82 Å². The first-order valence-electron chi connectivity index (χ1n) is 9.96. The van der Waals surface area contributed by atoms with Crippen molar-refractivity contribution in [1.29, 1.82) is 0 Å². The summed E-state index contributed by atoms with van der Waals surface area (Å²) in [5, 5.41) is 7.58. The largest absolute Gasteiger partial charge is 0.337 e. The van der Waals surface area contributed by atoms with E-state index in [2.05, 4.69) is 33.9 Å². The van der Waals surface area contributed by atoms with E-state index >= 15 is 0 Å². The van der Waals surface area contributed by atoms with Crippen LogP contribution in [0.4, 0.5) is 0 Å². The number of rotatable bonds is 5. The summed E-state index contributed by atoms with van der Waals surface area (Å²) in [6.45, 7) is 8.45. The number of carbonyl (C=O) groups is 1. The monoisotopic (exact) mass is 368 g/mol. The van der Waals surface area contributed by atoms with Gasteiger partial charge in [-0.05, 0) is 43.2 Å². The first-order valence-corrected chi connectivity index (χ1v) is 9.96. The molecule has 144 valence electrons. The number of pyridine rings is 1. The molecule has 7 nitrogen and oxygen atoms in total. The molecule has 1 amide bonds. The van der Waals surface area contributed by atoms with E-state index in [1.807, 2.05) is 17.0 Å². The first-order chi connectivity index (χ1) is 13.1. The summed E-state index contributed by atoms with van der Waals surface area (Å²) in [5.41, 5.74) is 0.643. The van der Waals surface area contributed by atoms with Gasteiger partial charge >= 0.3 is 0 Å². The van der Waals surface area contributed by atoms with Crippen LogP contribution in [0.25, 0.3) is 5.82 Å². The van der Waals surface area contributed by atoms with Gasteiger partial charge in [-0.25, -0.2) is 4.98 Å². The fraction of sp³-hybridized carbons (Fsp3) is 0.600. The van der Waals surface area contributed by atoms with Gasteiger partial charge in [0.15, 0.2) is 0 Å². The van der Waals surface area contributed by atoms with E-state index in [1.165, 1.54) is 19.4 Å². The van der Waals surface area contributed by atoms with E-state index in [4.69, 9.17) is 0 Å². The Morgan fingerprint density at radius 1 is 1.19 bits per heavy atom. The summed E-state index contributed by atoms with van der Waals surface area (Å²) >= 11 is 0. The predicted molar refractivity (Wildman–Crippen MR) is 103 cm³/mol. The van der Waals surface area contributed by atoms with Crippen LogP contribution in [0, 0.1) is 11.8 Å². The lowest BCUT2D eigenvalue weighted by atomic mass is 10.0. The lowest BCUT2D eigenvalue weighted by molar-refractivity contribution is 0.0704. The second-order valence-corrected chi connectivity index (χ2v) is 8.13. The zero-order chi connectivity index (χ0) is 18.8. The zero-order valence-electron chi connectivity index (χ0n) is 16.2. The lowest BCUT2D eigenvalue weighted by Crippen LogP contribution is -2.46. The smallest absolute Gasteiger partial charge is 0.255 e. The predicted octanol–water partition coefficient (Wildman–Crippen LogP) is 2.24. The molecule has 2 fully saturated rings. The molecule has 1 atom stereocenters. The van der Waals surface area contributed by atoms with E-state index in [1.54, 1.807) is 23.4 Å². The SMILES string of the molecule is CC(C)[C@@H]1CN(C(=O)c2ccc(-n3cnnc3)nc2)CCCN1CC1CC1. The van der Waals surface area contributed by atoms with Crippen LogP contribution < -0.4 is 0 Å². The fourth-order valence-electron chi connectivity index (χ4n) is 3.91. The number of amides is 1. The Kier molecular flexibility index (Phi) is 5.20. The van der Waals surface area contributed by atoms with E-state index < -0.39 is 0 Å². The van der Waals surface area contributed by atoms with Gasteiger partial charge in [0, 0.05) is 38.4 Å². The van der Waals surface area contributed by atoms with Crippen LogP contribution in [0.3, 0.4) is 0 Å². The van der Waals surface area contributed by atoms with Crippen LogP contribution in [0.5, 0.6) is 0 Å². The molecule has 1 saturated heterocycles. The van der Waals surface area contributed by atoms with Gasteiger partial charge in [-0.1, -0.05) is 13.8 Å². The molecule has 2 aromatic heterocycles. The van der Waals surface area contributed by atoms with Crippen molar-refractivity contribution < 1.29 is 4.79 Å². The molecular weight excluding hydrogens is 340 g/mol. The number of hydrogen-bond acceptors (Lipinski definition) is 5. The Hall–Kier alpha value is -2.28. The third-order valence-corrected chi connectivity index (χ3v) is 5.67. The Labute approximate surface area is 160 Å². The highest BCUT2D eigenvalue weighted by Gasteiger charge is 2.33. The van der Waals surface area contributed by atoms with Crippen LogP contribution >= 0.6 is 0 Å². The highest BCUT2D eigenvalue weighted by molar-refractivity contribution is 5.94. The fourth-order valence-corrected chi connectivity index (χ4v) is 3.91. The molecule has 7 heteroatoms. The van der Waals surface area contributed by atoms with E-state index in [9.17, 15) is 4.79 Å². The standard InChI is InChI=1S/C20H28N6O/c1-15(2)18-12-25(9-3-8-24(18)11-16-4-5-16)20(27)17-6-7-19(21-10-17)26-13-22-23-14-26/h6-7,10,13-16,18H,3-5,8-9,11-12H2,1-2H3/t18-/m0/s1. The third-order valence-electron chi connectivity index (χ3n) is 5.67. The molecule has 0 unspecified atom stereocenters. The van der Waals surface area contributed by atoms with Gasteiger partial charge in [-0.15, -0.1) is 10.2 Å². The minimum absolute atomic E-state index is 0.0803. The van der Waals surface area contributed by atoms with Gasteiger partial charge in [-0.2, -0.15) is 0 Å². The number of hydrogen-bond donors (Lipinski definition) is 0. The van der Waals surface area contributed by atoms with Crippen LogP contribution in [0.2, 0.25) is 0 Å². The van der Waals surface area contributed by atoms with Crippen molar-refractivity contribution in [2.24, 2.45) is 11.8 Å². The van der Waals surface area contributed by atoms with Crippen LogP contribution in [-0.2, 0) is 0 Å². The van der Waals surface area contributed by atoms with Gasteiger partial charge in [0.1, 0.15) is 18.5 Å². The summed E-state index contributed by atoms with van der Waals surface area (Å²) in [4.78, 5) is 22.1. The molecule has 2 aliphatic rings. The maximum Gasteiger partial charge on any atom is 0.255 e. The van der Waals surface area contributed by atoms with Crippen molar-refractivity contribution in [2.75, 3.05) is 26.2 Å². The lowest BCUT2D eigenvalue weighted by Gasteiger charge is -2.34. The summed E-state index contributed by atoms with van der Waals surface area (Å²) in [5.74, 6) is 2.20. The molecular formula is C20H28N6O. The number of aromatic nitrogens is 4. The minimum atomic E-state index is 0.0803. The van der Waals surface area contributed by atoms with Crippen LogP contribution in [0.15, 0.2) is 31.0 Å². The first kappa shape index (κ1) is 18.1. The zero-order valence-corrected chi connectivity index (χ0v) is 16.2. The maximum atomic E-state index is 13.1. The summed E-state index contributed by atoms with van der Waals surface area (Å²) < 4.78 is 1.73. The van der Waals surface area contributed by atoms with Crippen molar-refractivity contribution >= 4 is 5.91 Å². The Morgan fingerprint density at radius 2 is 1.96 bits per heavy atom. The Bertz CT molecular complexity index is 753. The molecule has 2 aromatic rings. The van der Waals surface area contributed by atoms with Gasteiger partial charge in [-0.3, -0.25) is 14.3 Å². The minimum Gasteiger partial charge on any atom is -0.337 e. The molecule has 0 radical (unpaired) electrons. The van der Waals surface area contributed by atoms with Crippen LogP contribution in [0.1, 0.15) is 43.5 Å². The molecule has 0 aromatic carbocycles. The quantitative estimate of drug-likeness (QED) is 0.810. The molecule has 0 N–H and O–H groups in total. The van der Waals surface area contributed by atoms with E-state index in [-0.39, 0.29) is 5.91 Å². The maximum absolute atomic E-state index is 13.1. The van der Waals surface area contributed by atoms with Gasteiger partial charge in [0.05, 0.1) is 5.56 Å². The van der Waals surface area contributed by atoms with E-state index in [0.717, 1.165) is 32.0 Å². The van der Waals surface area contributed by atoms with E-state index in [0.29, 0.717) is 23.3 Å². The van der Waals surface area contributed by atoms with Crippen molar-refractivity contribution in [3.05, 3.63) is 36.5 Å². The molecule has 0 spiro atoms. The van der Waals surface area contributed by atoms with Gasteiger partial charge < -0.3 is 4.90 Å². The topological polar surface area (TPSA) is 67.2 Å². The third kappa shape index (κ3) is 4.18. The van der Waals surface area contributed by atoms with Gasteiger partial charge in [0.2, 0.25) is 0 Å². The molecule has 0 bridgehead atoms. The van der Waals surface area contributed by atoms with Crippen LogP contribution in [-0.4, -0.2) is 67.7 Å². The highest BCUT2D eigenvalue weighted by atomic mass is 16.2. The average molecular weight is 368 g/mol. The Morgan fingerprint density at radius 3 is 2.59 bits per heavy atom. The second-order valence-electron chi connectivity index (χ2n) is 8.13. The molecule has 1 saturated carbocycles. The number of nitrogens with zero attached hydrogens (tertiary/aromatic N) is 6.